The summed E-state index contributed by atoms with van der Waals surface area (Å²) in [6.45, 7) is 8.19. The van der Waals surface area contributed by atoms with Crippen LogP contribution in [0.3, 0.4) is 0 Å². The predicted octanol–water partition coefficient (Wildman–Crippen LogP) is 1.01. The first-order valence-electron chi connectivity index (χ1n) is 10.6. The zero-order chi connectivity index (χ0) is 22.4. The number of anilines is 2. The minimum Gasteiger partial charge on any atom is -0.383 e. The highest BCUT2D eigenvalue weighted by Gasteiger charge is 2.24. The molecule has 5 N–H and O–H groups in total. The maximum absolute atomic E-state index is 12.6. The molecule has 1 aromatic heterocycles. The number of H-pyrrole nitrogens is 1. The van der Waals surface area contributed by atoms with E-state index in [0.29, 0.717) is 13.1 Å². The lowest BCUT2D eigenvalue weighted by molar-refractivity contribution is -0.118. The number of hydrogen-bond donors (Lipinski definition) is 4. The van der Waals surface area contributed by atoms with E-state index in [1.165, 1.54) is 9.47 Å². The molecule has 0 unspecified atom stereocenters. The SMILES string of the molecule is CC(C)CN(CC(=O)NC(=O)NC1CCCC1)c1c(N)n(CC(C)C)c(=O)[nH]c1=O. The highest BCUT2D eigenvalue weighted by atomic mass is 16.2. The van der Waals surface area contributed by atoms with Crippen LogP contribution in [0.25, 0.3) is 0 Å². The van der Waals surface area contributed by atoms with Gasteiger partial charge in [0.1, 0.15) is 11.5 Å². The Morgan fingerprint density at radius 1 is 1.17 bits per heavy atom. The summed E-state index contributed by atoms with van der Waals surface area (Å²) in [5, 5.41) is 5.12. The smallest absolute Gasteiger partial charge is 0.330 e. The quantitative estimate of drug-likeness (QED) is 0.492. The fourth-order valence-corrected chi connectivity index (χ4v) is 3.74. The number of nitrogens with one attached hydrogen (secondary N) is 3. The molecule has 1 fully saturated rings. The van der Waals surface area contributed by atoms with Gasteiger partial charge in [0, 0.05) is 19.1 Å². The molecule has 0 bridgehead atoms. The Hall–Kier alpha value is -2.78. The van der Waals surface area contributed by atoms with Crippen LogP contribution in [0.5, 0.6) is 0 Å². The van der Waals surface area contributed by atoms with E-state index in [4.69, 9.17) is 5.73 Å². The van der Waals surface area contributed by atoms with Crippen LogP contribution in [0.4, 0.5) is 16.3 Å². The Morgan fingerprint density at radius 2 is 1.80 bits per heavy atom. The highest BCUT2D eigenvalue weighted by Crippen LogP contribution is 2.19. The molecule has 1 saturated carbocycles. The molecular weight excluding hydrogens is 388 g/mol. The van der Waals surface area contributed by atoms with Crippen molar-refractivity contribution in [3.8, 4) is 0 Å². The van der Waals surface area contributed by atoms with Crippen LogP contribution in [-0.2, 0) is 11.3 Å². The minimum absolute atomic E-state index is 0.0151. The number of aromatic nitrogens is 2. The van der Waals surface area contributed by atoms with E-state index in [1.54, 1.807) is 0 Å². The van der Waals surface area contributed by atoms with Crippen molar-refractivity contribution >= 4 is 23.4 Å². The van der Waals surface area contributed by atoms with Crippen LogP contribution in [0, 0.1) is 11.8 Å². The lowest BCUT2D eigenvalue weighted by atomic mass is 10.2. The molecule has 0 radical (unpaired) electrons. The van der Waals surface area contributed by atoms with Crippen molar-refractivity contribution in [1.82, 2.24) is 20.2 Å². The number of imide groups is 1. The van der Waals surface area contributed by atoms with Crippen LogP contribution in [0.2, 0.25) is 0 Å². The topological polar surface area (TPSA) is 142 Å². The van der Waals surface area contributed by atoms with Gasteiger partial charge in [-0.15, -0.1) is 0 Å². The normalized spacial score (nSPS) is 14.3. The number of nitrogen functional groups attached to an aromatic ring is 1. The van der Waals surface area contributed by atoms with Crippen LogP contribution >= 0.6 is 0 Å². The first kappa shape index (κ1) is 23.5. The standard InChI is InChI=1S/C20H34N6O4/c1-12(2)9-25(11-15(27)23-19(29)22-14-7-5-6-8-14)16-17(21)26(10-13(3)4)20(30)24-18(16)28/h12-14H,5-11,21H2,1-4H3,(H,24,28,30)(H2,22,23,27,29). The molecule has 0 atom stereocenters. The molecule has 168 valence electrons. The maximum Gasteiger partial charge on any atom is 0.330 e. The second-order valence-corrected chi connectivity index (χ2v) is 8.77. The average Bonchev–Trinajstić information content (AvgIpc) is 3.10. The van der Waals surface area contributed by atoms with Gasteiger partial charge in [-0.1, -0.05) is 40.5 Å². The third kappa shape index (κ3) is 6.36. The molecule has 10 nitrogen and oxygen atoms in total. The van der Waals surface area contributed by atoms with Crippen LogP contribution in [0.1, 0.15) is 53.4 Å². The van der Waals surface area contributed by atoms with Gasteiger partial charge in [-0.3, -0.25) is 24.5 Å². The molecular formula is C20H34N6O4. The third-order valence-corrected chi connectivity index (χ3v) is 4.94. The second-order valence-electron chi connectivity index (χ2n) is 8.77. The summed E-state index contributed by atoms with van der Waals surface area (Å²) in [5.74, 6) is -0.299. The summed E-state index contributed by atoms with van der Waals surface area (Å²) in [5.41, 5.74) is 5.02. The van der Waals surface area contributed by atoms with Crippen molar-refractivity contribution in [3.63, 3.8) is 0 Å². The van der Waals surface area contributed by atoms with E-state index in [-0.39, 0.29) is 35.9 Å². The molecule has 1 aliphatic carbocycles. The van der Waals surface area contributed by atoms with Gasteiger partial charge in [0.15, 0.2) is 0 Å². The summed E-state index contributed by atoms with van der Waals surface area (Å²) < 4.78 is 1.30. The molecule has 0 saturated heterocycles. The summed E-state index contributed by atoms with van der Waals surface area (Å²) in [4.78, 5) is 53.2. The summed E-state index contributed by atoms with van der Waals surface area (Å²) in [6.07, 6.45) is 3.94. The maximum atomic E-state index is 12.6. The van der Waals surface area contributed by atoms with E-state index < -0.39 is 23.2 Å². The average molecular weight is 423 g/mol. The lowest BCUT2D eigenvalue weighted by Gasteiger charge is -2.27. The van der Waals surface area contributed by atoms with E-state index in [9.17, 15) is 19.2 Å². The fourth-order valence-electron chi connectivity index (χ4n) is 3.74. The molecule has 0 spiro atoms. The van der Waals surface area contributed by atoms with Gasteiger partial charge in [0.05, 0.1) is 6.54 Å². The number of hydrogen-bond acceptors (Lipinski definition) is 6. The van der Waals surface area contributed by atoms with Crippen molar-refractivity contribution in [1.29, 1.82) is 0 Å². The number of urea groups is 1. The zero-order valence-corrected chi connectivity index (χ0v) is 18.3. The van der Waals surface area contributed by atoms with Crippen molar-refractivity contribution in [3.05, 3.63) is 20.8 Å². The van der Waals surface area contributed by atoms with E-state index in [2.05, 4.69) is 15.6 Å². The van der Waals surface area contributed by atoms with E-state index in [1.807, 2.05) is 27.7 Å². The first-order valence-corrected chi connectivity index (χ1v) is 10.6. The Morgan fingerprint density at radius 3 is 2.37 bits per heavy atom. The Kier molecular flexibility index (Phi) is 8.08. The molecule has 1 heterocycles. The lowest BCUT2D eigenvalue weighted by Crippen LogP contribution is -2.49. The number of rotatable bonds is 8. The minimum atomic E-state index is -0.652. The van der Waals surface area contributed by atoms with Gasteiger partial charge in [-0.2, -0.15) is 0 Å². The monoisotopic (exact) mass is 422 g/mol. The van der Waals surface area contributed by atoms with Gasteiger partial charge < -0.3 is 16.0 Å². The van der Waals surface area contributed by atoms with Crippen molar-refractivity contribution in [2.45, 2.75) is 66.0 Å². The number of nitrogens with two attached hydrogens (primary N) is 1. The number of aromatic amines is 1. The molecule has 0 aliphatic heterocycles. The molecule has 30 heavy (non-hydrogen) atoms. The van der Waals surface area contributed by atoms with E-state index >= 15 is 0 Å². The Balaban J connectivity index is 2.22. The van der Waals surface area contributed by atoms with Gasteiger partial charge in [0.25, 0.3) is 5.56 Å². The van der Waals surface area contributed by atoms with Crippen LogP contribution < -0.4 is 32.5 Å². The van der Waals surface area contributed by atoms with Gasteiger partial charge in [-0.05, 0) is 24.7 Å². The number of nitrogens with zero attached hydrogens (tertiary/aromatic N) is 2. The van der Waals surface area contributed by atoms with Crippen molar-refractivity contribution in [2.24, 2.45) is 11.8 Å². The third-order valence-electron chi connectivity index (χ3n) is 4.94. The van der Waals surface area contributed by atoms with Gasteiger partial charge in [0.2, 0.25) is 5.91 Å². The van der Waals surface area contributed by atoms with Gasteiger partial charge in [-0.25, -0.2) is 9.59 Å². The molecule has 1 aromatic rings. The molecule has 10 heteroatoms. The largest absolute Gasteiger partial charge is 0.383 e. The summed E-state index contributed by atoms with van der Waals surface area (Å²) in [6, 6.07) is -0.453. The fraction of sp³-hybridized carbons (Fsp3) is 0.700. The zero-order valence-electron chi connectivity index (χ0n) is 18.3. The van der Waals surface area contributed by atoms with Crippen molar-refractivity contribution in [2.75, 3.05) is 23.7 Å². The summed E-state index contributed by atoms with van der Waals surface area (Å²) >= 11 is 0. The molecule has 0 aromatic carbocycles. The van der Waals surface area contributed by atoms with Gasteiger partial charge >= 0.3 is 11.7 Å². The number of amides is 3. The van der Waals surface area contributed by atoms with Crippen LogP contribution in [0.15, 0.2) is 9.59 Å². The van der Waals surface area contributed by atoms with E-state index in [0.717, 1.165) is 25.7 Å². The first-order chi connectivity index (χ1) is 14.1. The second kappa shape index (κ2) is 10.3. The van der Waals surface area contributed by atoms with Crippen LogP contribution in [-0.4, -0.2) is 40.6 Å². The predicted molar refractivity (Wildman–Crippen MR) is 117 cm³/mol. The highest BCUT2D eigenvalue weighted by molar-refractivity contribution is 5.96. The Bertz CT molecular complexity index is 867. The Labute approximate surface area is 176 Å². The number of carbonyl (C=O) groups excluding carboxylic acids is 2. The number of carbonyl (C=O) groups is 2. The molecule has 1 aliphatic rings. The molecule has 3 amide bonds. The molecule has 2 rings (SSSR count). The summed E-state index contributed by atoms with van der Waals surface area (Å²) in [7, 11) is 0. The van der Waals surface area contributed by atoms with Crippen molar-refractivity contribution < 1.29 is 9.59 Å².